The first kappa shape index (κ1) is 16.1. The summed E-state index contributed by atoms with van der Waals surface area (Å²) < 4.78 is 0. The lowest BCUT2D eigenvalue weighted by molar-refractivity contribution is 0.107. The van der Waals surface area contributed by atoms with Crippen molar-refractivity contribution in [1.29, 1.82) is 0 Å². The van der Waals surface area contributed by atoms with Crippen LogP contribution in [0.1, 0.15) is 47.3 Å². The number of aryl methyl sites for hydroxylation is 2. The van der Waals surface area contributed by atoms with Gasteiger partial charge in [0.05, 0.1) is 18.8 Å². The number of fused-ring (bicyclic) bond motifs is 1. The molecule has 0 radical (unpaired) electrons. The summed E-state index contributed by atoms with van der Waals surface area (Å²) in [6.45, 7) is 4.11. The minimum absolute atomic E-state index is 0.209. The Kier molecular flexibility index (Phi) is 5.63. The Morgan fingerprint density at radius 3 is 2.86 bits per heavy atom. The first-order valence-corrected chi connectivity index (χ1v) is 9.89. The molecule has 120 valence electrons. The summed E-state index contributed by atoms with van der Waals surface area (Å²) >= 11 is 3.62. The molecule has 0 saturated heterocycles. The molecule has 0 amide bonds. The molecule has 22 heavy (non-hydrogen) atoms. The van der Waals surface area contributed by atoms with Gasteiger partial charge in [-0.25, -0.2) is 4.98 Å². The molecule has 3 rings (SSSR count). The molecule has 0 aromatic carbocycles. The number of hydrogen-bond donors (Lipinski definition) is 1. The normalized spacial score (nSPS) is 16.0. The van der Waals surface area contributed by atoms with Gasteiger partial charge in [0.25, 0.3) is 0 Å². The fraction of sp³-hybridized carbons (Fsp3) is 0.588. The number of nitrogens with zero attached hydrogens (tertiary/aromatic N) is 2. The van der Waals surface area contributed by atoms with Crippen LogP contribution in [0.2, 0.25) is 0 Å². The summed E-state index contributed by atoms with van der Waals surface area (Å²) in [5.41, 5.74) is 2.66. The molecule has 0 saturated carbocycles. The molecule has 2 aromatic heterocycles. The third-order valence-corrected chi connectivity index (χ3v) is 6.27. The Hall–Kier alpha value is -0.750. The van der Waals surface area contributed by atoms with E-state index in [1.165, 1.54) is 40.4 Å². The molecule has 0 unspecified atom stereocenters. The van der Waals surface area contributed by atoms with Crippen LogP contribution in [0.5, 0.6) is 0 Å². The van der Waals surface area contributed by atoms with Crippen LogP contribution >= 0.6 is 22.7 Å². The van der Waals surface area contributed by atoms with Gasteiger partial charge in [0.15, 0.2) is 0 Å². The zero-order valence-electron chi connectivity index (χ0n) is 13.1. The quantitative estimate of drug-likeness (QED) is 0.834. The van der Waals surface area contributed by atoms with Crippen molar-refractivity contribution in [3.8, 4) is 0 Å². The molecule has 5 heteroatoms. The minimum atomic E-state index is 0.209. The molecule has 1 aliphatic carbocycles. The molecule has 3 nitrogen and oxygen atoms in total. The fourth-order valence-electron chi connectivity index (χ4n) is 3.08. The number of thiazole rings is 1. The van der Waals surface area contributed by atoms with Crippen molar-refractivity contribution in [1.82, 2.24) is 9.88 Å². The second-order valence-corrected chi connectivity index (χ2v) is 7.91. The van der Waals surface area contributed by atoms with Crippen LogP contribution in [0.15, 0.2) is 16.8 Å². The second kappa shape index (κ2) is 7.68. The van der Waals surface area contributed by atoms with Gasteiger partial charge in [0, 0.05) is 17.5 Å². The van der Waals surface area contributed by atoms with Crippen molar-refractivity contribution in [2.45, 2.75) is 58.2 Å². The number of thiophene rings is 1. The van der Waals surface area contributed by atoms with Crippen LogP contribution in [-0.4, -0.2) is 27.6 Å². The number of rotatable bonds is 7. The number of aliphatic hydroxyl groups is 1. The standard InChI is InChI=1S/C17H24N2OS2/c1-2-14(11-20)19(9-13-7-8-21-12-13)10-17-18-15-5-3-4-6-16(15)22-17/h7-8,12,14,20H,2-6,9-11H2,1H3/t14-/m1/s1. The maximum atomic E-state index is 9.71. The topological polar surface area (TPSA) is 36.4 Å². The average Bonchev–Trinajstić information content (AvgIpc) is 3.17. The smallest absolute Gasteiger partial charge is 0.107 e. The lowest BCUT2D eigenvalue weighted by Crippen LogP contribution is -2.36. The third kappa shape index (κ3) is 3.77. The van der Waals surface area contributed by atoms with Gasteiger partial charge in [0.1, 0.15) is 5.01 Å². The van der Waals surface area contributed by atoms with E-state index in [0.29, 0.717) is 0 Å². The van der Waals surface area contributed by atoms with Crippen LogP contribution in [0, 0.1) is 0 Å². The van der Waals surface area contributed by atoms with Crippen LogP contribution in [0.3, 0.4) is 0 Å². The molecular formula is C17H24N2OS2. The SMILES string of the molecule is CC[C@H](CO)N(Cc1ccsc1)Cc1nc2c(s1)CCCC2. The molecule has 1 atom stereocenters. The molecule has 2 aromatic rings. The molecule has 1 aliphatic rings. The van der Waals surface area contributed by atoms with E-state index in [1.807, 2.05) is 11.3 Å². The van der Waals surface area contributed by atoms with Crippen LogP contribution in [0.25, 0.3) is 0 Å². The van der Waals surface area contributed by atoms with Crippen LogP contribution < -0.4 is 0 Å². The molecule has 2 heterocycles. The van der Waals surface area contributed by atoms with Gasteiger partial charge < -0.3 is 5.11 Å². The van der Waals surface area contributed by atoms with E-state index in [0.717, 1.165) is 25.9 Å². The summed E-state index contributed by atoms with van der Waals surface area (Å²) in [6.07, 6.45) is 5.90. The van der Waals surface area contributed by atoms with Crippen molar-refractivity contribution in [2.24, 2.45) is 0 Å². The minimum Gasteiger partial charge on any atom is -0.395 e. The first-order valence-electron chi connectivity index (χ1n) is 8.13. The van der Waals surface area contributed by atoms with Gasteiger partial charge in [-0.1, -0.05) is 6.92 Å². The van der Waals surface area contributed by atoms with Gasteiger partial charge in [-0.2, -0.15) is 11.3 Å². The number of aliphatic hydroxyl groups excluding tert-OH is 1. The third-order valence-electron chi connectivity index (χ3n) is 4.39. The first-order chi connectivity index (χ1) is 10.8. The summed E-state index contributed by atoms with van der Waals surface area (Å²) in [6, 6.07) is 2.38. The Morgan fingerprint density at radius 2 is 2.18 bits per heavy atom. The Balaban J connectivity index is 1.75. The second-order valence-electron chi connectivity index (χ2n) is 5.97. The Labute approximate surface area is 140 Å². The Morgan fingerprint density at radius 1 is 1.32 bits per heavy atom. The van der Waals surface area contributed by atoms with E-state index in [1.54, 1.807) is 11.3 Å². The number of aromatic nitrogens is 1. The highest BCUT2D eigenvalue weighted by molar-refractivity contribution is 7.11. The predicted octanol–water partition coefficient (Wildman–Crippen LogP) is 3.86. The average molecular weight is 337 g/mol. The fourth-order valence-corrected chi connectivity index (χ4v) is 4.92. The van der Waals surface area contributed by atoms with Gasteiger partial charge in [-0.3, -0.25) is 4.90 Å². The molecule has 0 bridgehead atoms. The van der Waals surface area contributed by atoms with Crippen molar-refractivity contribution >= 4 is 22.7 Å². The van der Waals surface area contributed by atoms with Crippen LogP contribution in [-0.2, 0) is 25.9 Å². The summed E-state index contributed by atoms with van der Waals surface area (Å²) in [5, 5.41) is 15.2. The van der Waals surface area contributed by atoms with Gasteiger partial charge >= 0.3 is 0 Å². The van der Waals surface area contributed by atoms with Crippen LogP contribution in [0.4, 0.5) is 0 Å². The van der Waals surface area contributed by atoms with Crippen molar-refractivity contribution < 1.29 is 5.11 Å². The Bertz CT molecular complexity index is 552. The highest BCUT2D eigenvalue weighted by Crippen LogP contribution is 2.28. The molecule has 0 fully saturated rings. The van der Waals surface area contributed by atoms with Crippen molar-refractivity contribution in [3.63, 3.8) is 0 Å². The van der Waals surface area contributed by atoms with E-state index in [4.69, 9.17) is 4.98 Å². The van der Waals surface area contributed by atoms with E-state index >= 15 is 0 Å². The van der Waals surface area contributed by atoms with Gasteiger partial charge in [0.2, 0.25) is 0 Å². The van der Waals surface area contributed by atoms with E-state index in [9.17, 15) is 5.11 Å². The highest BCUT2D eigenvalue weighted by atomic mass is 32.1. The zero-order chi connectivity index (χ0) is 15.4. The largest absolute Gasteiger partial charge is 0.395 e. The predicted molar refractivity (Wildman–Crippen MR) is 93.5 cm³/mol. The highest BCUT2D eigenvalue weighted by Gasteiger charge is 2.21. The maximum Gasteiger partial charge on any atom is 0.107 e. The van der Waals surface area contributed by atoms with Crippen molar-refractivity contribution in [2.75, 3.05) is 6.61 Å². The van der Waals surface area contributed by atoms with Gasteiger partial charge in [-0.05, 0) is 54.5 Å². The molecular weight excluding hydrogens is 312 g/mol. The molecule has 0 spiro atoms. The molecule has 1 N–H and O–H groups in total. The lowest BCUT2D eigenvalue weighted by atomic mass is 10.0. The number of hydrogen-bond acceptors (Lipinski definition) is 5. The van der Waals surface area contributed by atoms with Gasteiger partial charge in [-0.15, -0.1) is 11.3 Å². The molecule has 0 aliphatic heterocycles. The lowest BCUT2D eigenvalue weighted by Gasteiger charge is -2.28. The van der Waals surface area contributed by atoms with Crippen molar-refractivity contribution in [3.05, 3.63) is 38.0 Å². The zero-order valence-corrected chi connectivity index (χ0v) is 14.8. The van der Waals surface area contributed by atoms with E-state index < -0.39 is 0 Å². The summed E-state index contributed by atoms with van der Waals surface area (Å²) in [5.74, 6) is 0. The summed E-state index contributed by atoms with van der Waals surface area (Å²) in [4.78, 5) is 8.74. The monoisotopic (exact) mass is 336 g/mol. The van der Waals surface area contributed by atoms with E-state index in [-0.39, 0.29) is 12.6 Å². The summed E-state index contributed by atoms with van der Waals surface area (Å²) in [7, 11) is 0. The maximum absolute atomic E-state index is 9.71. The van der Waals surface area contributed by atoms with E-state index in [2.05, 4.69) is 28.7 Å².